The largest absolute Gasteiger partial charge is 0.495 e. The number of nitrogens with one attached hydrogen (secondary N) is 1. The first-order chi connectivity index (χ1) is 12.4. The van der Waals surface area contributed by atoms with Crippen molar-refractivity contribution in [2.45, 2.75) is 20.3 Å². The van der Waals surface area contributed by atoms with Crippen molar-refractivity contribution in [2.24, 2.45) is 11.8 Å². The standard InChI is InChI=1S/C19H25N3O4/c1-12-4-5-17(26-3)16(10-12)20-18(24)14-11-15(14)19(25)22-8-6-21(7-9-22)13(2)23/h4-5,10,14-15H,6-9,11H2,1-3H3,(H,20,24). The van der Waals surface area contributed by atoms with Crippen LogP contribution in [0, 0.1) is 18.8 Å². The zero-order valence-corrected chi connectivity index (χ0v) is 15.4. The van der Waals surface area contributed by atoms with Crippen molar-refractivity contribution in [2.75, 3.05) is 38.6 Å². The average molecular weight is 359 g/mol. The highest BCUT2D eigenvalue weighted by atomic mass is 16.5. The summed E-state index contributed by atoms with van der Waals surface area (Å²) in [7, 11) is 1.56. The third-order valence-electron chi connectivity index (χ3n) is 5.09. The Bertz CT molecular complexity index is 725. The molecule has 0 spiro atoms. The van der Waals surface area contributed by atoms with E-state index in [0.29, 0.717) is 44.0 Å². The van der Waals surface area contributed by atoms with Crippen LogP contribution in [0.4, 0.5) is 5.69 Å². The lowest BCUT2D eigenvalue weighted by atomic mass is 10.2. The van der Waals surface area contributed by atoms with Crippen LogP contribution in [0.2, 0.25) is 0 Å². The van der Waals surface area contributed by atoms with Crippen LogP contribution in [0.1, 0.15) is 18.9 Å². The van der Waals surface area contributed by atoms with Crippen molar-refractivity contribution in [1.29, 1.82) is 0 Å². The van der Waals surface area contributed by atoms with Crippen molar-refractivity contribution < 1.29 is 19.1 Å². The van der Waals surface area contributed by atoms with Gasteiger partial charge in [0.15, 0.2) is 0 Å². The smallest absolute Gasteiger partial charge is 0.228 e. The molecule has 2 fully saturated rings. The van der Waals surface area contributed by atoms with Gasteiger partial charge in [0.25, 0.3) is 0 Å². The molecule has 1 saturated carbocycles. The molecule has 7 heteroatoms. The molecular formula is C19H25N3O4. The van der Waals surface area contributed by atoms with E-state index in [1.54, 1.807) is 16.9 Å². The van der Waals surface area contributed by atoms with Gasteiger partial charge >= 0.3 is 0 Å². The normalized spacial score (nSPS) is 22.0. The molecular weight excluding hydrogens is 334 g/mol. The summed E-state index contributed by atoms with van der Waals surface area (Å²) in [6.07, 6.45) is 0.575. The first-order valence-corrected chi connectivity index (χ1v) is 8.90. The van der Waals surface area contributed by atoms with Gasteiger partial charge in [0.05, 0.1) is 24.6 Å². The van der Waals surface area contributed by atoms with Crippen LogP contribution in [0.5, 0.6) is 5.75 Å². The highest BCUT2D eigenvalue weighted by molar-refractivity contribution is 6.00. The second kappa shape index (κ2) is 7.35. The maximum absolute atomic E-state index is 12.6. The molecule has 1 heterocycles. The Labute approximate surface area is 153 Å². The van der Waals surface area contributed by atoms with Gasteiger partial charge in [-0.2, -0.15) is 0 Å². The number of benzene rings is 1. The highest BCUT2D eigenvalue weighted by Gasteiger charge is 2.49. The van der Waals surface area contributed by atoms with Crippen molar-refractivity contribution in [3.05, 3.63) is 23.8 Å². The van der Waals surface area contributed by atoms with Gasteiger partial charge in [-0.15, -0.1) is 0 Å². The zero-order valence-electron chi connectivity index (χ0n) is 15.4. The summed E-state index contributed by atoms with van der Waals surface area (Å²) < 4.78 is 5.28. The minimum Gasteiger partial charge on any atom is -0.495 e. The summed E-state index contributed by atoms with van der Waals surface area (Å²) in [6.45, 7) is 5.68. The van der Waals surface area contributed by atoms with Gasteiger partial charge in [-0.3, -0.25) is 14.4 Å². The van der Waals surface area contributed by atoms with E-state index in [9.17, 15) is 14.4 Å². The van der Waals surface area contributed by atoms with Gasteiger partial charge in [-0.05, 0) is 31.0 Å². The average Bonchev–Trinajstić information content (AvgIpc) is 3.42. The third kappa shape index (κ3) is 3.81. The lowest BCUT2D eigenvalue weighted by Crippen LogP contribution is -2.50. The van der Waals surface area contributed by atoms with Crippen molar-refractivity contribution >= 4 is 23.4 Å². The number of amides is 3. The summed E-state index contributed by atoms with van der Waals surface area (Å²) >= 11 is 0. The number of anilines is 1. The van der Waals surface area contributed by atoms with E-state index in [1.165, 1.54) is 6.92 Å². The van der Waals surface area contributed by atoms with Gasteiger partial charge in [0.1, 0.15) is 5.75 Å². The number of hydrogen-bond donors (Lipinski definition) is 1. The van der Waals surface area contributed by atoms with Crippen LogP contribution in [0.15, 0.2) is 18.2 Å². The van der Waals surface area contributed by atoms with Crippen molar-refractivity contribution in [1.82, 2.24) is 9.80 Å². The summed E-state index contributed by atoms with van der Waals surface area (Å²) in [5, 5.41) is 2.89. The van der Waals surface area contributed by atoms with Crippen LogP contribution >= 0.6 is 0 Å². The van der Waals surface area contributed by atoms with E-state index in [1.807, 2.05) is 25.1 Å². The molecule has 3 rings (SSSR count). The highest BCUT2D eigenvalue weighted by Crippen LogP contribution is 2.41. The number of rotatable bonds is 4. The molecule has 1 N–H and O–H groups in total. The minimum atomic E-state index is -0.293. The van der Waals surface area contributed by atoms with Crippen LogP contribution in [-0.2, 0) is 14.4 Å². The van der Waals surface area contributed by atoms with Gasteiger partial charge in [0.2, 0.25) is 17.7 Å². The van der Waals surface area contributed by atoms with E-state index < -0.39 is 0 Å². The molecule has 0 bridgehead atoms. The molecule has 2 unspecified atom stereocenters. The second-order valence-electron chi connectivity index (χ2n) is 6.97. The fraction of sp³-hybridized carbons (Fsp3) is 0.526. The summed E-state index contributed by atoms with van der Waals surface area (Å²) in [6, 6.07) is 5.59. The molecule has 2 atom stereocenters. The molecule has 1 aromatic carbocycles. The number of methoxy groups -OCH3 is 1. The molecule has 1 aliphatic heterocycles. The van der Waals surface area contributed by atoms with E-state index >= 15 is 0 Å². The molecule has 26 heavy (non-hydrogen) atoms. The summed E-state index contributed by atoms with van der Waals surface area (Å²) in [5.74, 6) is -0.0341. The molecule has 1 aliphatic carbocycles. The predicted molar refractivity (Wildman–Crippen MR) is 96.8 cm³/mol. The molecule has 0 radical (unpaired) electrons. The Morgan fingerprint density at radius 3 is 2.35 bits per heavy atom. The number of carbonyl (C=O) groups excluding carboxylic acids is 3. The minimum absolute atomic E-state index is 0.0181. The Kier molecular flexibility index (Phi) is 5.15. The molecule has 2 aliphatic rings. The first-order valence-electron chi connectivity index (χ1n) is 8.90. The van der Waals surface area contributed by atoms with Gasteiger partial charge < -0.3 is 19.9 Å². The Morgan fingerprint density at radius 2 is 1.73 bits per heavy atom. The fourth-order valence-electron chi connectivity index (χ4n) is 3.38. The van der Waals surface area contributed by atoms with Crippen LogP contribution in [0.3, 0.4) is 0 Å². The fourth-order valence-corrected chi connectivity index (χ4v) is 3.38. The van der Waals surface area contributed by atoms with Crippen molar-refractivity contribution in [3.63, 3.8) is 0 Å². The molecule has 1 aromatic rings. The molecule has 0 aromatic heterocycles. The van der Waals surface area contributed by atoms with Crippen LogP contribution in [-0.4, -0.2) is 60.8 Å². The molecule has 1 saturated heterocycles. The summed E-state index contributed by atoms with van der Waals surface area (Å²) in [4.78, 5) is 40.0. The number of piperazine rings is 1. The molecule has 3 amide bonds. The van der Waals surface area contributed by atoms with E-state index in [2.05, 4.69) is 5.32 Å². The summed E-state index contributed by atoms with van der Waals surface area (Å²) in [5.41, 5.74) is 1.65. The van der Waals surface area contributed by atoms with Crippen molar-refractivity contribution in [3.8, 4) is 5.75 Å². The quantitative estimate of drug-likeness (QED) is 0.878. The third-order valence-corrected chi connectivity index (χ3v) is 5.09. The first kappa shape index (κ1) is 18.2. The lowest BCUT2D eigenvalue weighted by molar-refractivity contribution is -0.139. The van der Waals surface area contributed by atoms with Gasteiger partial charge in [0, 0.05) is 33.1 Å². The number of aryl methyl sites for hydroxylation is 1. The number of hydrogen-bond acceptors (Lipinski definition) is 4. The molecule has 140 valence electrons. The Balaban J connectivity index is 1.55. The Hall–Kier alpha value is -2.57. The van der Waals surface area contributed by atoms with E-state index in [-0.39, 0.29) is 29.6 Å². The number of carbonyl (C=O) groups is 3. The lowest BCUT2D eigenvalue weighted by Gasteiger charge is -2.34. The predicted octanol–water partition coefficient (Wildman–Crippen LogP) is 1.27. The number of nitrogens with zero attached hydrogens (tertiary/aromatic N) is 2. The second-order valence-corrected chi connectivity index (χ2v) is 6.97. The van der Waals surface area contributed by atoms with E-state index in [0.717, 1.165) is 5.56 Å². The van der Waals surface area contributed by atoms with Crippen LogP contribution < -0.4 is 10.1 Å². The molecule has 7 nitrogen and oxygen atoms in total. The van der Waals surface area contributed by atoms with E-state index in [4.69, 9.17) is 4.74 Å². The number of ether oxygens (including phenoxy) is 1. The van der Waals surface area contributed by atoms with Crippen LogP contribution in [0.25, 0.3) is 0 Å². The maximum Gasteiger partial charge on any atom is 0.228 e. The zero-order chi connectivity index (χ0) is 18.8. The maximum atomic E-state index is 12.6. The van der Waals surface area contributed by atoms with Gasteiger partial charge in [-0.25, -0.2) is 0 Å². The Morgan fingerprint density at radius 1 is 1.08 bits per heavy atom. The SMILES string of the molecule is COc1ccc(C)cc1NC(=O)C1CC1C(=O)N1CCN(C(C)=O)CC1. The topological polar surface area (TPSA) is 79.0 Å². The monoisotopic (exact) mass is 359 g/mol. The van der Waals surface area contributed by atoms with Gasteiger partial charge in [-0.1, -0.05) is 6.07 Å².